The van der Waals surface area contributed by atoms with Crippen LogP contribution in [0.4, 0.5) is 8.78 Å². The quantitative estimate of drug-likeness (QED) is 0.698. The van der Waals surface area contributed by atoms with Gasteiger partial charge in [0.15, 0.2) is 0 Å². The molecule has 1 aromatic rings. The van der Waals surface area contributed by atoms with Gasteiger partial charge in [-0.1, -0.05) is 6.92 Å². The van der Waals surface area contributed by atoms with E-state index in [9.17, 15) is 8.78 Å². The number of hydrogen-bond donors (Lipinski definition) is 3. The maximum Gasteiger partial charge on any atom is 0.128 e. The molecule has 3 nitrogen and oxygen atoms in total. The summed E-state index contributed by atoms with van der Waals surface area (Å²) in [6.07, 6.45) is 1.35. The van der Waals surface area contributed by atoms with Gasteiger partial charge in [0.2, 0.25) is 0 Å². The highest BCUT2D eigenvalue weighted by molar-refractivity contribution is 5.22. The number of benzene rings is 1. The molecule has 2 atom stereocenters. The molecule has 0 radical (unpaired) electrons. The lowest BCUT2D eigenvalue weighted by molar-refractivity contribution is 0.255. The molecule has 2 unspecified atom stereocenters. The minimum atomic E-state index is -0.484. The standard InChI is InChI=1S/C13H20F2N2O/c1-2-10(5-6-18)17-13(8-16)11-7-9(14)3-4-12(11)15/h3-4,7,10,13,17-18H,2,5-6,8,16H2,1H3. The van der Waals surface area contributed by atoms with Crippen molar-refractivity contribution in [2.24, 2.45) is 5.73 Å². The van der Waals surface area contributed by atoms with E-state index in [2.05, 4.69) is 5.32 Å². The molecule has 0 aliphatic carbocycles. The number of nitrogens with one attached hydrogen (secondary N) is 1. The van der Waals surface area contributed by atoms with Gasteiger partial charge in [0.05, 0.1) is 0 Å². The van der Waals surface area contributed by atoms with E-state index in [4.69, 9.17) is 10.8 Å². The van der Waals surface area contributed by atoms with E-state index in [0.29, 0.717) is 6.42 Å². The fourth-order valence-electron chi connectivity index (χ4n) is 1.91. The number of aliphatic hydroxyl groups excluding tert-OH is 1. The summed E-state index contributed by atoms with van der Waals surface area (Å²) in [6, 6.07) is 2.92. The Morgan fingerprint density at radius 2 is 2.11 bits per heavy atom. The largest absolute Gasteiger partial charge is 0.396 e. The second-order valence-electron chi connectivity index (χ2n) is 4.24. The zero-order valence-corrected chi connectivity index (χ0v) is 10.5. The van der Waals surface area contributed by atoms with Gasteiger partial charge in [-0.15, -0.1) is 0 Å². The molecule has 1 rings (SSSR count). The summed E-state index contributed by atoms with van der Waals surface area (Å²) in [7, 11) is 0. The van der Waals surface area contributed by atoms with E-state index in [1.807, 2.05) is 6.92 Å². The third kappa shape index (κ3) is 4.01. The highest BCUT2D eigenvalue weighted by Crippen LogP contribution is 2.19. The molecule has 0 aromatic heterocycles. The van der Waals surface area contributed by atoms with E-state index in [1.54, 1.807) is 0 Å². The van der Waals surface area contributed by atoms with Crippen LogP contribution in [0.5, 0.6) is 0 Å². The zero-order chi connectivity index (χ0) is 13.5. The Labute approximate surface area is 106 Å². The Bertz CT molecular complexity index is 374. The maximum absolute atomic E-state index is 13.6. The summed E-state index contributed by atoms with van der Waals surface area (Å²) < 4.78 is 26.8. The molecule has 0 aliphatic rings. The van der Waals surface area contributed by atoms with Crippen LogP contribution in [0.2, 0.25) is 0 Å². The van der Waals surface area contributed by atoms with Crippen molar-refractivity contribution in [3.05, 3.63) is 35.4 Å². The summed E-state index contributed by atoms with van der Waals surface area (Å²) in [6.45, 7) is 2.18. The van der Waals surface area contributed by atoms with Gasteiger partial charge in [-0.2, -0.15) is 0 Å². The van der Waals surface area contributed by atoms with Crippen molar-refractivity contribution in [2.45, 2.75) is 31.8 Å². The second kappa shape index (κ2) is 7.41. The van der Waals surface area contributed by atoms with Crippen molar-refractivity contribution in [3.8, 4) is 0 Å². The van der Waals surface area contributed by atoms with Crippen LogP contribution in [0.15, 0.2) is 18.2 Å². The van der Waals surface area contributed by atoms with Gasteiger partial charge in [-0.25, -0.2) is 8.78 Å². The Balaban J connectivity index is 2.84. The summed E-state index contributed by atoms with van der Waals surface area (Å²) >= 11 is 0. The molecule has 0 saturated heterocycles. The Morgan fingerprint density at radius 3 is 2.67 bits per heavy atom. The van der Waals surface area contributed by atoms with Gasteiger partial charge in [0.1, 0.15) is 11.6 Å². The number of aliphatic hydroxyl groups is 1. The number of nitrogens with two attached hydrogens (primary N) is 1. The monoisotopic (exact) mass is 258 g/mol. The lowest BCUT2D eigenvalue weighted by atomic mass is 10.0. The highest BCUT2D eigenvalue weighted by atomic mass is 19.1. The lowest BCUT2D eigenvalue weighted by Crippen LogP contribution is -2.37. The van der Waals surface area contributed by atoms with Crippen molar-refractivity contribution >= 4 is 0 Å². The Kier molecular flexibility index (Phi) is 6.18. The topological polar surface area (TPSA) is 58.3 Å². The van der Waals surface area contributed by atoms with Crippen molar-refractivity contribution in [3.63, 3.8) is 0 Å². The van der Waals surface area contributed by atoms with Crippen LogP contribution < -0.4 is 11.1 Å². The first kappa shape index (κ1) is 15.0. The highest BCUT2D eigenvalue weighted by Gasteiger charge is 2.18. The smallest absolute Gasteiger partial charge is 0.128 e. The summed E-state index contributed by atoms with van der Waals surface area (Å²) in [5.74, 6) is -0.958. The predicted octanol–water partition coefficient (Wildman–Crippen LogP) is 1.72. The third-order valence-corrected chi connectivity index (χ3v) is 2.98. The van der Waals surface area contributed by atoms with Crippen LogP contribution in [0.3, 0.4) is 0 Å². The van der Waals surface area contributed by atoms with Gasteiger partial charge >= 0.3 is 0 Å². The molecule has 0 heterocycles. The zero-order valence-electron chi connectivity index (χ0n) is 10.5. The van der Waals surface area contributed by atoms with E-state index >= 15 is 0 Å². The van der Waals surface area contributed by atoms with Crippen LogP contribution in [0, 0.1) is 11.6 Å². The fourth-order valence-corrected chi connectivity index (χ4v) is 1.91. The van der Waals surface area contributed by atoms with Crippen molar-refractivity contribution in [1.82, 2.24) is 5.32 Å². The molecule has 0 amide bonds. The molecule has 0 saturated carbocycles. The second-order valence-corrected chi connectivity index (χ2v) is 4.24. The molecule has 0 fully saturated rings. The van der Waals surface area contributed by atoms with Crippen LogP contribution in [0.25, 0.3) is 0 Å². The van der Waals surface area contributed by atoms with Crippen LogP contribution in [-0.4, -0.2) is 24.3 Å². The maximum atomic E-state index is 13.6. The van der Waals surface area contributed by atoms with Gasteiger partial charge in [-0.3, -0.25) is 0 Å². The Morgan fingerprint density at radius 1 is 1.39 bits per heavy atom. The van der Waals surface area contributed by atoms with Crippen molar-refractivity contribution in [1.29, 1.82) is 0 Å². The first-order valence-corrected chi connectivity index (χ1v) is 6.14. The SMILES string of the molecule is CCC(CCO)NC(CN)c1cc(F)ccc1F. The molecule has 0 aliphatic heterocycles. The van der Waals surface area contributed by atoms with Crippen LogP contribution in [-0.2, 0) is 0 Å². The van der Waals surface area contributed by atoms with E-state index in [1.165, 1.54) is 0 Å². The minimum absolute atomic E-state index is 0.0335. The molecular weight excluding hydrogens is 238 g/mol. The van der Waals surface area contributed by atoms with Gasteiger partial charge in [0.25, 0.3) is 0 Å². The number of rotatable bonds is 7. The summed E-state index contributed by atoms with van der Waals surface area (Å²) in [4.78, 5) is 0. The van der Waals surface area contributed by atoms with E-state index in [0.717, 1.165) is 24.6 Å². The van der Waals surface area contributed by atoms with Gasteiger partial charge in [0, 0.05) is 30.8 Å². The number of halogens is 2. The van der Waals surface area contributed by atoms with E-state index in [-0.39, 0.29) is 24.8 Å². The number of hydrogen-bond acceptors (Lipinski definition) is 3. The first-order chi connectivity index (χ1) is 8.62. The average Bonchev–Trinajstić information content (AvgIpc) is 2.37. The molecule has 0 spiro atoms. The molecule has 4 N–H and O–H groups in total. The normalized spacial score (nSPS) is 14.5. The fraction of sp³-hybridized carbons (Fsp3) is 0.538. The summed E-state index contributed by atoms with van der Waals surface area (Å²) in [5, 5.41) is 12.1. The molecule has 0 bridgehead atoms. The van der Waals surface area contributed by atoms with Gasteiger partial charge < -0.3 is 16.2 Å². The molecule has 1 aromatic carbocycles. The first-order valence-electron chi connectivity index (χ1n) is 6.14. The van der Waals surface area contributed by atoms with Crippen molar-refractivity contribution in [2.75, 3.05) is 13.2 Å². The Hall–Kier alpha value is -1.04. The molecule has 5 heteroatoms. The van der Waals surface area contributed by atoms with Crippen molar-refractivity contribution < 1.29 is 13.9 Å². The molecule has 18 heavy (non-hydrogen) atoms. The van der Waals surface area contributed by atoms with E-state index < -0.39 is 17.7 Å². The average molecular weight is 258 g/mol. The van der Waals surface area contributed by atoms with Gasteiger partial charge in [-0.05, 0) is 31.0 Å². The van der Waals surface area contributed by atoms with Crippen LogP contribution in [0.1, 0.15) is 31.4 Å². The minimum Gasteiger partial charge on any atom is -0.396 e. The summed E-state index contributed by atoms with van der Waals surface area (Å²) in [5.41, 5.74) is 5.84. The molecule has 102 valence electrons. The molecular formula is C13H20F2N2O. The lowest BCUT2D eigenvalue weighted by Gasteiger charge is -2.24. The van der Waals surface area contributed by atoms with Crippen LogP contribution >= 0.6 is 0 Å². The predicted molar refractivity (Wildman–Crippen MR) is 67.1 cm³/mol. The third-order valence-electron chi connectivity index (χ3n) is 2.98.